The SMILES string of the molecule is CC(=O)/C(Br)=C(\Br)C=O. The van der Waals surface area contributed by atoms with Crippen molar-refractivity contribution in [2.75, 3.05) is 0 Å². The van der Waals surface area contributed by atoms with Gasteiger partial charge in [0.1, 0.15) is 0 Å². The highest BCUT2D eigenvalue weighted by molar-refractivity contribution is 9.14. The average Bonchev–Trinajstić information content (AvgIpc) is 1.84. The van der Waals surface area contributed by atoms with Crippen molar-refractivity contribution in [3.8, 4) is 0 Å². The molecule has 0 saturated carbocycles. The standard InChI is InChI=1S/C5H4Br2O2/c1-3(9)5(7)4(6)2-8/h2H,1H3/b5-4+. The number of rotatable bonds is 2. The van der Waals surface area contributed by atoms with E-state index in [4.69, 9.17) is 0 Å². The maximum absolute atomic E-state index is 10.5. The summed E-state index contributed by atoms with van der Waals surface area (Å²) in [6.45, 7) is 1.37. The van der Waals surface area contributed by atoms with Crippen LogP contribution in [0.1, 0.15) is 6.92 Å². The average molecular weight is 256 g/mol. The predicted molar refractivity (Wildman–Crippen MR) is 41.6 cm³/mol. The Bertz CT molecular complexity index is 172. The van der Waals surface area contributed by atoms with Gasteiger partial charge in [-0.15, -0.1) is 0 Å². The van der Waals surface area contributed by atoms with Crippen LogP contribution in [0.5, 0.6) is 0 Å². The summed E-state index contributed by atoms with van der Waals surface area (Å²) in [5.41, 5.74) is 0. The van der Waals surface area contributed by atoms with Crippen LogP contribution in [0.4, 0.5) is 0 Å². The molecule has 0 fully saturated rings. The zero-order valence-electron chi connectivity index (χ0n) is 4.65. The van der Waals surface area contributed by atoms with Gasteiger partial charge in [0.2, 0.25) is 0 Å². The van der Waals surface area contributed by atoms with Crippen molar-refractivity contribution in [1.82, 2.24) is 0 Å². The molecule has 0 saturated heterocycles. The Labute approximate surface area is 69.6 Å². The predicted octanol–water partition coefficient (Wildman–Crippen LogP) is 1.78. The molecule has 0 unspecified atom stereocenters. The quantitative estimate of drug-likeness (QED) is 0.557. The molecule has 0 aromatic carbocycles. The van der Waals surface area contributed by atoms with Gasteiger partial charge < -0.3 is 0 Å². The lowest BCUT2D eigenvalue weighted by Gasteiger charge is -1.89. The van der Waals surface area contributed by atoms with E-state index in [1.165, 1.54) is 6.92 Å². The van der Waals surface area contributed by atoms with Crippen molar-refractivity contribution in [1.29, 1.82) is 0 Å². The van der Waals surface area contributed by atoms with Crippen molar-refractivity contribution >= 4 is 43.9 Å². The second-order valence-corrected chi connectivity index (χ2v) is 2.98. The van der Waals surface area contributed by atoms with E-state index >= 15 is 0 Å². The second-order valence-electron chi connectivity index (χ2n) is 1.34. The van der Waals surface area contributed by atoms with Crippen LogP contribution in [0.25, 0.3) is 0 Å². The lowest BCUT2D eigenvalue weighted by molar-refractivity contribution is -0.113. The Morgan fingerprint density at radius 2 is 1.89 bits per heavy atom. The Balaban J connectivity index is 4.47. The van der Waals surface area contributed by atoms with E-state index < -0.39 is 0 Å². The summed E-state index contributed by atoms with van der Waals surface area (Å²) >= 11 is 5.81. The fraction of sp³-hybridized carbons (Fsp3) is 0.200. The van der Waals surface area contributed by atoms with Crippen LogP contribution in [-0.2, 0) is 9.59 Å². The molecule has 0 N–H and O–H groups in total. The van der Waals surface area contributed by atoms with Gasteiger partial charge in [-0.3, -0.25) is 9.59 Å². The minimum atomic E-state index is -0.172. The van der Waals surface area contributed by atoms with Gasteiger partial charge in [0, 0.05) is 0 Å². The maximum Gasteiger partial charge on any atom is 0.167 e. The van der Waals surface area contributed by atoms with E-state index in [1.54, 1.807) is 0 Å². The number of halogens is 2. The maximum atomic E-state index is 10.5. The highest BCUT2D eigenvalue weighted by atomic mass is 79.9. The van der Waals surface area contributed by atoms with E-state index in [1.807, 2.05) is 0 Å². The summed E-state index contributed by atoms with van der Waals surface area (Å²) < 4.78 is 0.521. The minimum Gasteiger partial charge on any atom is -0.297 e. The molecule has 9 heavy (non-hydrogen) atoms. The van der Waals surface area contributed by atoms with E-state index in [2.05, 4.69) is 31.9 Å². The Morgan fingerprint density at radius 3 is 2.00 bits per heavy atom. The number of allylic oxidation sites excluding steroid dienone is 2. The van der Waals surface area contributed by atoms with Crippen LogP contribution in [0.15, 0.2) is 8.96 Å². The number of ketones is 1. The lowest BCUT2D eigenvalue weighted by Crippen LogP contribution is -1.90. The molecular weight excluding hydrogens is 252 g/mol. The molecule has 4 heteroatoms. The molecule has 0 bridgehead atoms. The van der Waals surface area contributed by atoms with Gasteiger partial charge in [0.15, 0.2) is 12.1 Å². The van der Waals surface area contributed by atoms with Gasteiger partial charge in [0.05, 0.1) is 8.96 Å². The van der Waals surface area contributed by atoms with Gasteiger partial charge in [-0.1, -0.05) is 0 Å². The molecular formula is C5H4Br2O2. The van der Waals surface area contributed by atoms with Crippen LogP contribution < -0.4 is 0 Å². The molecule has 50 valence electrons. The number of hydrogen-bond acceptors (Lipinski definition) is 2. The summed E-state index contributed by atoms with van der Waals surface area (Å²) in [6.07, 6.45) is 0.561. The molecule has 0 amide bonds. The number of hydrogen-bond donors (Lipinski definition) is 0. The third kappa shape index (κ3) is 2.91. The van der Waals surface area contributed by atoms with Crippen molar-refractivity contribution in [3.63, 3.8) is 0 Å². The van der Waals surface area contributed by atoms with Gasteiger partial charge in [-0.25, -0.2) is 0 Å². The van der Waals surface area contributed by atoms with Gasteiger partial charge >= 0.3 is 0 Å². The van der Waals surface area contributed by atoms with Crippen molar-refractivity contribution in [2.24, 2.45) is 0 Å². The smallest absolute Gasteiger partial charge is 0.167 e. The summed E-state index contributed by atoms with van der Waals surface area (Å²) in [6, 6.07) is 0. The van der Waals surface area contributed by atoms with Gasteiger partial charge in [-0.05, 0) is 38.8 Å². The first-order valence-electron chi connectivity index (χ1n) is 2.11. The topological polar surface area (TPSA) is 34.1 Å². The molecule has 0 aromatic heterocycles. The molecule has 0 atom stereocenters. The Kier molecular flexibility index (Phi) is 3.97. The fourth-order valence-electron chi connectivity index (χ4n) is 0.220. The molecule has 0 aromatic rings. The molecule has 0 aliphatic heterocycles. The Morgan fingerprint density at radius 1 is 1.44 bits per heavy atom. The molecule has 0 rings (SSSR count). The van der Waals surface area contributed by atoms with Crippen LogP contribution >= 0.6 is 31.9 Å². The third-order valence-corrected chi connectivity index (χ3v) is 2.72. The van der Waals surface area contributed by atoms with Gasteiger partial charge in [0.25, 0.3) is 0 Å². The molecule has 0 radical (unpaired) electrons. The van der Waals surface area contributed by atoms with Gasteiger partial charge in [-0.2, -0.15) is 0 Å². The number of aldehydes is 1. The first kappa shape index (κ1) is 9.04. The number of carbonyl (C=O) groups is 2. The van der Waals surface area contributed by atoms with Crippen LogP contribution in [0.2, 0.25) is 0 Å². The van der Waals surface area contributed by atoms with E-state index in [-0.39, 0.29) is 14.7 Å². The van der Waals surface area contributed by atoms with E-state index in [0.29, 0.717) is 6.29 Å². The van der Waals surface area contributed by atoms with E-state index in [9.17, 15) is 9.59 Å². The summed E-state index contributed by atoms with van der Waals surface area (Å²) in [5, 5.41) is 0. The third-order valence-electron chi connectivity index (χ3n) is 0.622. The Hall–Kier alpha value is 0.0400. The largest absolute Gasteiger partial charge is 0.297 e. The first-order chi connectivity index (χ1) is 4.09. The monoisotopic (exact) mass is 254 g/mol. The van der Waals surface area contributed by atoms with Crippen molar-refractivity contribution in [2.45, 2.75) is 6.92 Å². The summed E-state index contributed by atoms with van der Waals surface area (Å²) in [5.74, 6) is -0.172. The van der Waals surface area contributed by atoms with Crippen molar-refractivity contribution < 1.29 is 9.59 Å². The van der Waals surface area contributed by atoms with Crippen LogP contribution in [-0.4, -0.2) is 12.1 Å². The highest BCUT2D eigenvalue weighted by Gasteiger charge is 2.03. The van der Waals surface area contributed by atoms with Crippen molar-refractivity contribution in [3.05, 3.63) is 8.96 Å². The van der Waals surface area contributed by atoms with E-state index in [0.717, 1.165) is 0 Å². The zero-order valence-corrected chi connectivity index (χ0v) is 7.82. The number of carbonyl (C=O) groups excluding carboxylic acids is 2. The van der Waals surface area contributed by atoms with Crippen LogP contribution in [0, 0.1) is 0 Å². The zero-order chi connectivity index (χ0) is 7.44. The molecule has 0 heterocycles. The first-order valence-corrected chi connectivity index (χ1v) is 3.69. The normalized spacial score (nSPS) is 12.3. The molecule has 0 aliphatic rings. The lowest BCUT2D eigenvalue weighted by atomic mass is 10.4. The second kappa shape index (κ2) is 3.95. The molecule has 0 aliphatic carbocycles. The highest BCUT2D eigenvalue weighted by Crippen LogP contribution is 2.15. The summed E-state index contributed by atoms with van der Waals surface area (Å²) in [7, 11) is 0. The molecule has 2 nitrogen and oxygen atoms in total. The van der Waals surface area contributed by atoms with Crippen LogP contribution in [0.3, 0.4) is 0 Å². The molecule has 0 spiro atoms. The fourth-order valence-corrected chi connectivity index (χ4v) is 0.593. The minimum absolute atomic E-state index is 0.172. The summed E-state index contributed by atoms with van der Waals surface area (Å²) in [4.78, 5) is 20.4. The number of Topliss-reactive ketones (excluding diaryl/α,β-unsaturated/α-hetero) is 1.